The number of hydrogen-bond donors (Lipinski definition) is 0. The normalized spacial score (nSPS) is 12.2. The molecular weight excluding hydrogens is 164 g/mol. The number of pyridine rings is 1. The van der Waals surface area contributed by atoms with Gasteiger partial charge in [-0.15, -0.1) is 0 Å². The zero-order valence-electron chi connectivity index (χ0n) is 8.03. The number of aromatic nitrogens is 2. The third-order valence-corrected chi connectivity index (χ3v) is 1.83. The molecule has 0 aliphatic heterocycles. The van der Waals surface area contributed by atoms with E-state index in [4.69, 9.17) is 4.42 Å². The quantitative estimate of drug-likeness (QED) is 0.619. The molecule has 2 aromatic rings. The summed E-state index contributed by atoms with van der Waals surface area (Å²) in [6, 6.07) is 1.86. The molecule has 0 N–H and O–H groups in total. The van der Waals surface area contributed by atoms with Crippen LogP contribution in [0.25, 0.3) is 11.1 Å². The topological polar surface area (TPSA) is 38.9 Å². The Morgan fingerprint density at radius 3 is 2.69 bits per heavy atom. The van der Waals surface area contributed by atoms with Crippen LogP contribution in [0.4, 0.5) is 0 Å². The van der Waals surface area contributed by atoms with Crippen LogP contribution < -0.4 is 0 Å². The third kappa shape index (κ3) is 1.41. The van der Waals surface area contributed by atoms with Crippen LogP contribution in [-0.4, -0.2) is 9.97 Å². The second-order valence-electron chi connectivity index (χ2n) is 4.11. The number of hydrogen-bond acceptors (Lipinski definition) is 3. The van der Waals surface area contributed by atoms with Gasteiger partial charge in [0.1, 0.15) is 5.52 Å². The van der Waals surface area contributed by atoms with Crippen molar-refractivity contribution in [3.8, 4) is 0 Å². The van der Waals surface area contributed by atoms with Gasteiger partial charge < -0.3 is 4.42 Å². The lowest BCUT2D eigenvalue weighted by Gasteiger charge is -2.11. The lowest BCUT2D eigenvalue weighted by Crippen LogP contribution is -2.10. The monoisotopic (exact) mass is 176 g/mol. The molecule has 0 radical (unpaired) electrons. The maximum absolute atomic E-state index is 5.56. The number of rotatable bonds is 0. The molecule has 0 spiro atoms. The van der Waals surface area contributed by atoms with Gasteiger partial charge in [-0.1, -0.05) is 20.8 Å². The molecule has 0 fully saturated rings. The molecule has 0 saturated carbocycles. The van der Waals surface area contributed by atoms with E-state index in [2.05, 4.69) is 30.7 Å². The summed E-state index contributed by atoms with van der Waals surface area (Å²) in [7, 11) is 0. The highest BCUT2D eigenvalue weighted by atomic mass is 16.3. The first kappa shape index (κ1) is 8.23. The molecular formula is C10H12N2O. The fourth-order valence-corrected chi connectivity index (χ4v) is 1.10. The number of fused-ring (bicyclic) bond motifs is 1. The number of nitrogens with zero attached hydrogens (tertiary/aromatic N) is 2. The SMILES string of the molecule is CC(C)(C)c1nc2ccncc2o1. The predicted molar refractivity (Wildman–Crippen MR) is 50.5 cm³/mol. The lowest BCUT2D eigenvalue weighted by molar-refractivity contribution is 0.410. The van der Waals surface area contributed by atoms with Crippen molar-refractivity contribution in [2.45, 2.75) is 26.2 Å². The second kappa shape index (κ2) is 2.55. The predicted octanol–water partition coefficient (Wildman–Crippen LogP) is 2.52. The minimum atomic E-state index is -0.0426. The van der Waals surface area contributed by atoms with Crippen LogP contribution >= 0.6 is 0 Å². The molecule has 0 atom stereocenters. The van der Waals surface area contributed by atoms with Crippen LogP contribution in [0.3, 0.4) is 0 Å². The maximum Gasteiger partial charge on any atom is 0.200 e. The van der Waals surface area contributed by atoms with E-state index in [0.717, 1.165) is 17.0 Å². The lowest BCUT2D eigenvalue weighted by atomic mass is 9.97. The van der Waals surface area contributed by atoms with Crippen molar-refractivity contribution in [1.29, 1.82) is 0 Å². The Morgan fingerprint density at radius 1 is 1.31 bits per heavy atom. The molecule has 0 saturated heterocycles. The largest absolute Gasteiger partial charge is 0.438 e. The van der Waals surface area contributed by atoms with Crippen LogP contribution in [0.1, 0.15) is 26.7 Å². The first-order chi connectivity index (χ1) is 6.07. The average molecular weight is 176 g/mol. The summed E-state index contributed by atoms with van der Waals surface area (Å²) in [6.07, 6.45) is 3.41. The molecule has 2 heterocycles. The Balaban J connectivity index is 2.63. The van der Waals surface area contributed by atoms with Crippen molar-refractivity contribution >= 4 is 11.1 Å². The Morgan fingerprint density at radius 2 is 2.08 bits per heavy atom. The summed E-state index contributed by atoms with van der Waals surface area (Å²) >= 11 is 0. The van der Waals surface area contributed by atoms with Gasteiger partial charge in [0, 0.05) is 11.6 Å². The van der Waals surface area contributed by atoms with Crippen LogP contribution in [0.5, 0.6) is 0 Å². The van der Waals surface area contributed by atoms with Crippen molar-refractivity contribution < 1.29 is 4.42 Å². The van der Waals surface area contributed by atoms with E-state index in [1.165, 1.54) is 0 Å². The highest BCUT2D eigenvalue weighted by molar-refractivity contribution is 5.70. The molecule has 68 valence electrons. The molecule has 13 heavy (non-hydrogen) atoms. The van der Waals surface area contributed by atoms with E-state index in [1.54, 1.807) is 12.4 Å². The standard InChI is InChI=1S/C10H12N2O/c1-10(2,3)9-12-7-4-5-11-6-8(7)13-9/h4-6H,1-3H3. The van der Waals surface area contributed by atoms with Crippen molar-refractivity contribution in [2.75, 3.05) is 0 Å². The molecule has 0 aliphatic carbocycles. The Hall–Kier alpha value is -1.38. The highest BCUT2D eigenvalue weighted by Gasteiger charge is 2.20. The van der Waals surface area contributed by atoms with Gasteiger partial charge in [-0.3, -0.25) is 4.98 Å². The minimum absolute atomic E-state index is 0.0426. The van der Waals surface area contributed by atoms with Crippen molar-refractivity contribution in [2.24, 2.45) is 0 Å². The summed E-state index contributed by atoms with van der Waals surface area (Å²) in [6.45, 7) is 6.22. The number of oxazole rings is 1. The molecule has 3 nitrogen and oxygen atoms in total. The Labute approximate surface area is 76.8 Å². The van der Waals surface area contributed by atoms with Gasteiger partial charge in [0.05, 0.1) is 6.20 Å². The van der Waals surface area contributed by atoms with Gasteiger partial charge in [0.2, 0.25) is 5.89 Å². The molecule has 2 aromatic heterocycles. The van der Waals surface area contributed by atoms with Crippen molar-refractivity contribution in [1.82, 2.24) is 9.97 Å². The van der Waals surface area contributed by atoms with Crippen LogP contribution in [-0.2, 0) is 5.41 Å². The highest BCUT2D eigenvalue weighted by Crippen LogP contribution is 2.24. The average Bonchev–Trinajstić information content (AvgIpc) is 2.45. The summed E-state index contributed by atoms with van der Waals surface area (Å²) in [5.74, 6) is 0.760. The third-order valence-electron chi connectivity index (χ3n) is 1.83. The van der Waals surface area contributed by atoms with E-state index >= 15 is 0 Å². The summed E-state index contributed by atoms with van der Waals surface area (Å²) < 4.78 is 5.56. The molecule has 0 aromatic carbocycles. The van der Waals surface area contributed by atoms with E-state index in [9.17, 15) is 0 Å². The smallest absolute Gasteiger partial charge is 0.200 e. The zero-order valence-corrected chi connectivity index (χ0v) is 8.03. The van der Waals surface area contributed by atoms with E-state index in [-0.39, 0.29) is 5.41 Å². The van der Waals surface area contributed by atoms with Gasteiger partial charge >= 0.3 is 0 Å². The molecule has 0 aliphatic rings. The molecule has 0 bridgehead atoms. The van der Waals surface area contributed by atoms with E-state index in [0.29, 0.717) is 0 Å². The van der Waals surface area contributed by atoms with Gasteiger partial charge in [-0.25, -0.2) is 4.98 Å². The van der Waals surface area contributed by atoms with Crippen LogP contribution in [0.15, 0.2) is 22.9 Å². The molecule has 2 rings (SSSR count). The van der Waals surface area contributed by atoms with Crippen LogP contribution in [0, 0.1) is 0 Å². The van der Waals surface area contributed by atoms with Crippen molar-refractivity contribution in [3.63, 3.8) is 0 Å². The van der Waals surface area contributed by atoms with Gasteiger partial charge in [0.15, 0.2) is 5.58 Å². The fourth-order valence-electron chi connectivity index (χ4n) is 1.10. The fraction of sp³-hybridized carbons (Fsp3) is 0.400. The van der Waals surface area contributed by atoms with Crippen molar-refractivity contribution in [3.05, 3.63) is 24.4 Å². The van der Waals surface area contributed by atoms with E-state index < -0.39 is 0 Å². The Kier molecular flexibility index (Phi) is 1.62. The van der Waals surface area contributed by atoms with Gasteiger partial charge in [-0.2, -0.15) is 0 Å². The second-order valence-corrected chi connectivity index (χ2v) is 4.11. The molecule has 3 heteroatoms. The maximum atomic E-state index is 5.56. The zero-order chi connectivity index (χ0) is 9.47. The van der Waals surface area contributed by atoms with E-state index in [1.807, 2.05) is 6.07 Å². The first-order valence-electron chi connectivity index (χ1n) is 4.28. The van der Waals surface area contributed by atoms with Gasteiger partial charge in [0.25, 0.3) is 0 Å². The van der Waals surface area contributed by atoms with Crippen LogP contribution in [0.2, 0.25) is 0 Å². The summed E-state index contributed by atoms with van der Waals surface area (Å²) in [5, 5.41) is 0. The summed E-state index contributed by atoms with van der Waals surface area (Å²) in [4.78, 5) is 8.35. The summed E-state index contributed by atoms with van der Waals surface area (Å²) in [5.41, 5.74) is 1.59. The molecule has 0 amide bonds. The molecule has 0 unspecified atom stereocenters. The first-order valence-corrected chi connectivity index (χ1v) is 4.28. The Bertz CT molecular complexity index is 393. The minimum Gasteiger partial charge on any atom is -0.438 e. The van der Waals surface area contributed by atoms with Gasteiger partial charge in [-0.05, 0) is 6.07 Å².